The highest BCUT2D eigenvalue weighted by Crippen LogP contribution is 2.30. The molecule has 0 amide bonds. The molecule has 102 valence electrons. The number of aryl methyl sites for hydroxylation is 2. The molecule has 2 rings (SSSR count). The van der Waals surface area contributed by atoms with Gasteiger partial charge in [-0.1, -0.05) is 18.0 Å². The summed E-state index contributed by atoms with van der Waals surface area (Å²) in [5, 5.41) is 17.8. The first-order valence-electron chi connectivity index (χ1n) is 6.63. The molecular formula is C13H22ClN3O. The van der Waals surface area contributed by atoms with Gasteiger partial charge in [-0.05, 0) is 38.1 Å². The van der Waals surface area contributed by atoms with Gasteiger partial charge in [0, 0.05) is 20.2 Å². The Balaban J connectivity index is 1.85. The second-order valence-electron chi connectivity index (χ2n) is 5.23. The van der Waals surface area contributed by atoms with E-state index in [9.17, 15) is 5.11 Å². The third kappa shape index (κ3) is 2.87. The number of nitrogens with one attached hydrogen (secondary N) is 1. The summed E-state index contributed by atoms with van der Waals surface area (Å²) in [6.45, 7) is 3.93. The third-order valence-electron chi connectivity index (χ3n) is 4.01. The summed E-state index contributed by atoms with van der Waals surface area (Å²) in [7, 11) is 1.92. The fourth-order valence-corrected chi connectivity index (χ4v) is 3.10. The van der Waals surface area contributed by atoms with Gasteiger partial charge >= 0.3 is 0 Å². The van der Waals surface area contributed by atoms with Crippen molar-refractivity contribution in [3.8, 4) is 0 Å². The minimum Gasteiger partial charge on any atom is -0.396 e. The average Bonchev–Trinajstić information content (AvgIpc) is 2.89. The Morgan fingerprint density at radius 2 is 2.17 bits per heavy atom. The van der Waals surface area contributed by atoms with E-state index in [0.717, 1.165) is 35.9 Å². The van der Waals surface area contributed by atoms with Crippen LogP contribution in [0, 0.1) is 18.8 Å². The molecule has 0 bridgehead atoms. The van der Waals surface area contributed by atoms with Gasteiger partial charge in [-0.25, -0.2) is 0 Å². The van der Waals surface area contributed by atoms with Crippen LogP contribution in [0.25, 0.3) is 0 Å². The number of rotatable bonds is 5. The van der Waals surface area contributed by atoms with Crippen LogP contribution in [-0.4, -0.2) is 28.0 Å². The predicted molar refractivity (Wildman–Crippen MR) is 72.6 cm³/mol. The normalized spacial score (nSPS) is 23.8. The zero-order valence-electron chi connectivity index (χ0n) is 11.1. The van der Waals surface area contributed by atoms with E-state index in [1.165, 1.54) is 12.8 Å². The molecule has 2 N–H and O–H groups in total. The van der Waals surface area contributed by atoms with Crippen molar-refractivity contribution in [1.82, 2.24) is 15.1 Å². The third-order valence-corrected chi connectivity index (χ3v) is 4.50. The summed E-state index contributed by atoms with van der Waals surface area (Å²) in [4.78, 5) is 0. The molecular weight excluding hydrogens is 250 g/mol. The van der Waals surface area contributed by atoms with Crippen LogP contribution in [0.3, 0.4) is 0 Å². The maximum atomic E-state index is 9.28. The van der Waals surface area contributed by atoms with Gasteiger partial charge in [0.2, 0.25) is 0 Å². The molecule has 0 aliphatic heterocycles. The van der Waals surface area contributed by atoms with Gasteiger partial charge < -0.3 is 10.4 Å². The highest BCUT2D eigenvalue weighted by molar-refractivity contribution is 6.31. The summed E-state index contributed by atoms with van der Waals surface area (Å²) >= 11 is 6.20. The van der Waals surface area contributed by atoms with Crippen molar-refractivity contribution in [1.29, 1.82) is 0 Å². The van der Waals surface area contributed by atoms with E-state index in [0.29, 0.717) is 18.4 Å². The van der Waals surface area contributed by atoms with E-state index in [1.807, 2.05) is 18.7 Å². The van der Waals surface area contributed by atoms with Gasteiger partial charge in [0.1, 0.15) is 0 Å². The van der Waals surface area contributed by atoms with Crippen molar-refractivity contribution < 1.29 is 5.11 Å². The summed E-state index contributed by atoms with van der Waals surface area (Å²) in [6, 6.07) is 0. The molecule has 0 spiro atoms. The van der Waals surface area contributed by atoms with Crippen LogP contribution >= 0.6 is 11.6 Å². The summed E-state index contributed by atoms with van der Waals surface area (Å²) in [6.07, 6.45) is 3.62. The number of nitrogens with zero attached hydrogens (tertiary/aromatic N) is 2. The predicted octanol–water partition coefficient (Wildman–Crippen LogP) is 1.88. The fraction of sp³-hybridized carbons (Fsp3) is 0.769. The topological polar surface area (TPSA) is 50.1 Å². The number of hydrogen-bond donors (Lipinski definition) is 2. The van der Waals surface area contributed by atoms with E-state index < -0.39 is 0 Å². The largest absolute Gasteiger partial charge is 0.396 e. The Morgan fingerprint density at radius 1 is 1.44 bits per heavy atom. The quantitative estimate of drug-likeness (QED) is 0.860. The highest BCUT2D eigenvalue weighted by Gasteiger charge is 2.26. The standard InChI is InChI=1S/C13H22ClN3O/c1-9-13(14)12(17(2)16-9)7-15-6-10-4-3-5-11(10)8-18/h10-11,15,18H,3-8H2,1-2H3. The van der Waals surface area contributed by atoms with Crippen molar-refractivity contribution in [2.24, 2.45) is 18.9 Å². The van der Waals surface area contributed by atoms with Crippen LogP contribution in [0.1, 0.15) is 30.7 Å². The average molecular weight is 272 g/mol. The van der Waals surface area contributed by atoms with E-state index in [4.69, 9.17) is 11.6 Å². The molecule has 4 nitrogen and oxygen atoms in total. The number of aliphatic hydroxyl groups is 1. The zero-order chi connectivity index (χ0) is 13.1. The van der Waals surface area contributed by atoms with Gasteiger partial charge in [0.15, 0.2) is 0 Å². The lowest BCUT2D eigenvalue weighted by Crippen LogP contribution is -2.27. The molecule has 1 aliphatic rings. The van der Waals surface area contributed by atoms with Crippen LogP contribution in [0.15, 0.2) is 0 Å². The zero-order valence-corrected chi connectivity index (χ0v) is 11.9. The molecule has 0 aromatic carbocycles. The molecule has 1 heterocycles. The van der Waals surface area contributed by atoms with Crippen molar-refractivity contribution in [3.05, 3.63) is 16.4 Å². The van der Waals surface area contributed by atoms with E-state index in [1.54, 1.807) is 0 Å². The maximum absolute atomic E-state index is 9.28. The maximum Gasteiger partial charge on any atom is 0.0860 e. The number of aliphatic hydroxyl groups excluding tert-OH is 1. The second-order valence-corrected chi connectivity index (χ2v) is 5.61. The first kappa shape index (κ1) is 13.8. The highest BCUT2D eigenvalue weighted by atomic mass is 35.5. The Bertz CT molecular complexity index is 405. The Hall–Kier alpha value is -0.580. The van der Waals surface area contributed by atoms with Crippen LogP contribution in [0.4, 0.5) is 0 Å². The fourth-order valence-electron chi connectivity index (χ4n) is 2.87. The van der Waals surface area contributed by atoms with Crippen LogP contribution in [0.5, 0.6) is 0 Å². The lowest BCUT2D eigenvalue weighted by Gasteiger charge is -2.17. The van der Waals surface area contributed by atoms with Crippen LogP contribution in [-0.2, 0) is 13.6 Å². The lowest BCUT2D eigenvalue weighted by molar-refractivity contribution is 0.192. The lowest BCUT2D eigenvalue weighted by atomic mass is 9.97. The molecule has 2 unspecified atom stereocenters. The monoisotopic (exact) mass is 271 g/mol. The first-order valence-corrected chi connectivity index (χ1v) is 7.00. The van der Waals surface area contributed by atoms with Crippen molar-refractivity contribution in [2.45, 2.75) is 32.7 Å². The van der Waals surface area contributed by atoms with Gasteiger partial charge in [0.25, 0.3) is 0 Å². The smallest absolute Gasteiger partial charge is 0.0860 e. The Morgan fingerprint density at radius 3 is 2.78 bits per heavy atom. The first-order chi connectivity index (χ1) is 8.63. The second kappa shape index (κ2) is 6.04. The Labute approximate surface area is 113 Å². The summed E-state index contributed by atoms with van der Waals surface area (Å²) < 4.78 is 1.84. The van der Waals surface area contributed by atoms with Gasteiger partial charge in [-0.15, -0.1) is 0 Å². The molecule has 0 radical (unpaired) electrons. The van der Waals surface area contributed by atoms with Crippen LogP contribution in [0.2, 0.25) is 5.02 Å². The van der Waals surface area contributed by atoms with E-state index in [-0.39, 0.29) is 0 Å². The van der Waals surface area contributed by atoms with Gasteiger partial charge in [-0.2, -0.15) is 5.10 Å². The molecule has 1 fully saturated rings. The van der Waals surface area contributed by atoms with Gasteiger partial charge in [-0.3, -0.25) is 4.68 Å². The van der Waals surface area contributed by atoms with Crippen molar-refractivity contribution in [2.75, 3.05) is 13.2 Å². The molecule has 1 saturated carbocycles. The van der Waals surface area contributed by atoms with E-state index >= 15 is 0 Å². The molecule has 1 aromatic rings. The van der Waals surface area contributed by atoms with Crippen molar-refractivity contribution >= 4 is 11.6 Å². The molecule has 5 heteroatoms. The minimum atomic E-state index is 0.317. The number of hydrogen-bond acceptors (Lipinski definition) is 3. The van der Waals surface area contributed by atoms with Gasteiger partial charge in [0.05, 0.1) is 16.4 Å². The summed E-state index contributed by atoms with van der Waals surface area (Å²) in [5.74, 6) is 1.07. The minimum absolute atomic E-state index is 0.317. The molecule has 2 atom stereocenters. The van der Waals surface area contributed by atoms with Crippen LogP contribution < -0.4 is 5.32 Å². The van der Waals surface area contributed by atoms with Crippen molar-refractivity contribution in [3.63, 3.8) is 0 Å². The molecule has 18 heavy (non-hydrogen) atoms. The molecule has 1 aromatic heterocycles. The SMILES string of the molecule is Cc1nn(C)c(CNCC2CCCC2CO)c1Cl. The number of aromatic nitrogens is 2. The molecule has 1 aliphatic carbocycles. The number of halogens is 1. The van der Waals surface area contributed by atoms with E-state index in [2.05, 4.69) is 10.4 Å². The summed E-state index contributed by atoms with van der Waals surface area (Å²) in [5.41, 5.74) is 1.91. The molecule has 0 saturated heterocycles. The Kier molecular flexibility index (Phi) is 4.65.